The molecule has 1 saturated heterocycles. The van der Waals surface area contributed by atoms with Crippen molar-refractivity contribution in [2.45, 2.75) is 19.0 Å². The fourth-order valence-electron chi connectivity index (χ4n) is 3.30. The van der Waals surface area contributed by atoms with E-state index < -0.39 is 11.7 Å². The van der Waals surface area contributed by atoms with Gasteiger partial charge in [0.15, 0.2) is 11.6 Å². The van der Waals surface area contributed by atoms with Gasteiger partial charge in [-0.1, -0.05) is 0 Å². The number of hydrogen-bond donors (Lipinski definition) is 0. The van der Waals surface area contributed by atoms with Gasteiger partial charge in [0.05, 0.1) is 0 Å². The maximum atomic E-state index is 13.2. The molecule has 0 amide bonds. The molecule has 0 spiro atoms. The van der Waals surface area contributed by atoms with Gasteiger partial charge in [0.1, 0.15) is 24.2 Å². The zero-order chi connectivity index (χ0) is 20.3. The van der Waals surface area contributed by atoms with Gasteiger partial charge in [-0.15, -0.1) is 5.10 Å². The number of likely N-dealkylation sites (tertiary alicyclic amines) is 1. The first-order chi connectivity index (χ1) is 14.0. The summed E-state index contributed by atoms with van der Waals surface area (Å²) in [5, 5.41) is 4.16. The summed E-state index contributed by atoms with van der Waals surface area (Å²) in [5.74, 6) is 0.740. The third-order valence-corrected chi connectivity index (χ3v) is 4.79. The average Bonchev–Trinajstić information content (AvgIpc) is 3.40. The molecule has 3 heterocycles. The van der Waals surface area contributed by atoms with E-state index in [1.807, 2.05) is 12.1 Å². The second-order valence-electron chi connectivity index (χ2n) is 6.81. The molecule has 0 N–H and O–H groups in total. The van der Waals surface area contributed by atoms with E-state index in [0.29, 0.717) is 18.0 Å². The SMILES string of the molecule is FC(F)(F)c1cccnc1-n1cnc(-c2ccc(OCCN3CCCC3)cc2)n1. The molecule has 0 atom stereocenters. The number of ether oxygens (including phenoxy) is 1. The number of hydrogen-bond acceptors (Lipinski definition) is 5. The second-order valence-corrected chi connectivity index (χ2v) is 6.81. The molecule has 4 rings (SSSR count). The monoisotopic (exact) mass is 403 g/mol. The van der Waals surface area contributed by atoms with Gasteiger partial charge in [-0.25, -0.2) is 14.6 Å². The maximum Gasteiger partial charge on any atom is 0.420 e. The van der Waals surface area contributed by atoms with Crippen LogP contribution in [0.3, 0.4) is 0 Å². The Morgan fingerprint density at radius 3 is 2.48 bits per heavy atom. The smallest absolute Gasteiger partial charge is 0.420 e. The summed E-state index contributed by atoms with van der Waals surface area (Å²) in [7, 11) is 0. The van der Waals surface area contributed by atoms with Gasteiger partial charge in [0, 0.05) is 18.3 Å². The van der Waals surface area contributed by atoms with Crippen molar-refractivity contribution in [3.63, 3.8) is 0 Å². The van der Waals surface area contributed by atoms with Gasteiger partial charge in [0.25, 0.3) is 0 Å². The summed E-state index contributed by atoms with van der Waals surface area (Å²) in [4.78, 5) is 10.3. The lowest BCUT2D eigenvalue weighted by Crippen LogP contribution is -2.25. The highest BCUT2D eigenvalue weighted by Crippen LogP contribution is 2.32. The van der Waals surface area contributed by atoms with E-state index in [4.69, 9.17) is 4.74 Å². The van der Waals surface area contributed by atoms with Gasteiger partial charge in [-0.3, -0.25) is 4.90 Å². The molecule has 3 aromatic rings. The van der Waals surface area contributed by atoms with Gasteiger partial charge in [-0.2, -0.15) is 13.2 Å². The molecule has 1 aliphatic heterocycles. The first kappa shape index (κ1) is 19.4. The van der Waals surface area contributed by atoms with Crippen molar-refractivity contribution in [2.24, 2.45) is 0 Å². The summed E-state index contributed by atoms with van der Waals surface area (Å²) in [6.45, 7) is 3.78. The van der Waals surface area contributed by atoms with Crippen molar-refractivity contribution < 1.29 is 17.9 Å². The third-order valence-electron chi connectivity index (χ3n) is 4.79. The van der Waals surface area contributed by atoms with E-state index in [1.165, 1.54) is 31.4 Å². The van der Waals surface area contributed by atoms with E-state index in [9.17, 15) is 13.2 Å². The highest BCUT2D eigenvalue weighted by molar-refractivity contribution is 5.56. The Bertz CT molecular complexity index is 949. The van der Waals surface area contributed by atoms with Crippen LogP contribution in [0.15, 0.2) is 48.9 Å². The summed E-state index contributed by atoms with van der Waals surface area (Å²) in [5.41, 5.74) is -0.182. The van der Waals surface area contributed by atoms with E-state index in [1.54, 1.807) is 12.1 Å². The molecule has 0 saturated carbocycles. The summed E-state index contributed by atoms with van der Waals surface area (Å²) in [6.07, 6.45) is 0.492. The Morgan fingerprint density at radius 1 is 1.00 bits per heavy atom. The highest BCUT2D eigenvalue weighted by atomic mass is 19.4. The maximum absolute atomic E-state index is 13.2. The van der Waals surface area contributed by atoms with E-state index in [0.717, 1.165) is 36.1 Å². The van der Waals surface area contributed by atoms with Gasteiger partial charge in [0.2, 0.25) is 0 Å². The number of rotatable bonds is 6. The lowest BCUT2D eigenvalue weighted by Gasteiger charge is -2.14. The Balaban J connectivity index is 1.44. The van der Waals surface area contributed by atoms with Crippen LogP contribution < -0.4 is 4.74 Å². The van der Waals surface area contributed by atoms with Crippen LogP contribution in [0.4, 0.5) is 13.2 Å². The van der Waals surface area contributed by atoms with Crippen molar-refractivity contribution in [3.8, 4) is 23.0 Å². The Hall–Kier alpha value is -2.94. The molecule has 152 valence electrons. The van der Waals surface area contributed by atoms with Crippen molar-refractivity contribution in [1.29, 1.82) is 0 Å². The minimum Gasteiger partial charge on any atom is -0.492 e. The first-order valence-corrected chi connectivity index (χ1v) is 9.40. The number of nitrogens with zero attached hydrogens (tertiary/aromatic N) is 5. The largest absolute Gasteiger partial charge is 0.492 e. The van der Waals surface area contributed by atoms with Crippen LogP contribution in [0, 0.1) is 0 Å². The minimum absolute atomic E-state index is 0.305. The number of alkyl halides is 3. The average molecular weight is 403 g/mol. The number of pyridine rings is 1. The Labute approximate surface area is 166 Å². The topological polar surface area (TPSA) is 56.1 Å². The molecule has 0 aliphatic carbocycles. The zero-order valence-corrected chi connectivity index (χ0v) is 15.6. The van der Waals surface area contributed by atoms with Gasteiger partial charge >= 0.3 is 6.18 Å². The van der Waals surface area contributed by atoms with Gasteiger partial charge < -0.3 is 4.74 Å². The predicted molar refractivity (Wildman–Crippen MR) is 101 cm³/mol. The molecular formula is C20H20F3N5O. The van der Waals surface area contributed by atoms with E-state index >= 15 is 0 Å². The standard InChI is InChI=1S/C20H20F3N5O/c21-20(22,23)17-4-3-9-24-19(17)28-14-25-18(26-28)15-5-7-16(8-6-15)29-13-12-27-10-1-2-11-27/h3-9,14H,1-2,10-13H2. The van der Waals surface area contributed by atoms with Crippen LogP contribution in [0.5, 0.6) is 5.75 Å². The van der Waals surface area contributed by atoms with Crippen molar-refractivity contribution in [1.82, 2.24) is 24.6 Å². The summed E-state index contributed by atoms with van der Waals surface area (Å²) >= 11 is 0. The molecule has 9 heteroatoms. The van der Waals surface area contributed by atoms with Crippen molar-refractivity contribution in [3.05, 3.63) is 54.5 Å². The molecule has 2 aromatic heterocycles. The number of halogens is 3. The molecule has 0 radical (unpaired) electrons. The molecule has 29 heavy (non-hydrogen) atoms. The van der Waals surface area contributed by atoms with Crippen LogP contribution in [-0.2, 0) is 6.18 Å². The molecule has 1 fully saturated rings. The fraction of sp³-hybridized carbons (Fsp3) is 0.350. The number of benzene rings is 1. The van der Waals surface area contributed by atoms with E-state index in [-0.39, 0.29) is 5.82 Å². The van der Waals surface area contributed by atoms with Crippen molar-refractivity contribution >= 4 is 0 Å². The van der Waals surface area contributed by atoms with Crippen LogP contribution in [0.25, 0.3) is 17.2 Å². The zero-order valence-electron chi connectivity index (χ0n) is 15.6. The first-order valence-electron chi connectivity index (χ1n) is 9.40. The lowest BCUT2D eigenvalue weighted by atomic mass is 10.2. The Morgan fingerprint density at radius 2 is 1.76 bits per heavy atom. The molecule has 0 bridgehead atoms. The normalized spacial score (nSPS) is 15.0. The molecule has 1 aliphatic rings. The van der Waals surface area contributed by atoms with Gasteiger partial charge in [-0.05, 0) is 62.3 Å². The quantitative estimate of drug-likeness (QED) is 0.626. The molecular weight excluding hydrogens is 383 g/mol. The van der Waals surface area contributed by atoms with Crippen LogP contribution >= 0.6 is 0 Å². The number of aromatic nitrogens is 4. The third kappa shape index (κ3) is 4.56. The van der Waals surface area contributed by atoms with E-state index in [2.05, 4.69) is 20.0 Å². The highest BCUT2D eigenvalue weighted by Gasteiger charge is 2.35. The van der Waals surface area contributed by atoms with Crippen LogP contribution in [0.1, 0.15) is 18.4 Å². The summed E-state index contributed by atoms with van der Waals surface area (Å²) in [6, 6.07) is 9.40. The summed E-state index contributed by atoms with van der Waals surface area (Å²) < 4.78 is 46.4. The van der Waals surface area contributed by atoms with Crippen LogP contribution in [-0.4, -0.2) is 50.9 Å². The fourth-order valence-corrected chi connectivity index (χ4v) is 3.30. The lowest BCUT2D eigenvalue weighted by molar-refractivity contribution is -0.137. The second kappa shape index (κ2) is 8.20. The minimum atomic E-state index is -4.52. The predicted octanol–water partition coefficient (Wildman–Crippen LogP) is 3.82. The molecule has 6 nitrogen and oxygen atoms in total. The molecule has 1 aromatic carbocycles. The van der Waals surface area contributed by atoms with Crippen molar-refractivity contribution in [2.75, 3.05) is 26.2 Å². The molecule has 0 unspecified atom stereocenters. The van der Waals surface area contributed by atoms with Crippen LogP contribution in [0.2, 0.25) is 0 Å². The Kier molecular flexibility index (Phi) is 5.48.